The molecule has 0 saturated heterocycles. The number of ether oxygens (including phenoxy) is 1. The third-order valence-corrected chi connectivity index (χ3v) is 3.02. The third kappa shape index (κ3) is 1.95. The van der Waals surface area contributed by atoms with E-state index in [9.17, 15) is 4.79 Å². The van der Waals surface area contributed by atoms with Crippen molar-refractivity contribution in [3.05, 3.63) is 42.0 Å². The van der Waals surface area contributed by atoms with E-state index >= 15 is 0 Å². The summed E-state index contributed by atoms with van der Waals surface area (Å²) in [7, 11) is 1.62. The summed E-state index contributed by atoms with van der Waals surface area (Å²) in [6.07, 6.45) is 0. The quantitative estimate of drug-likeness (QED) is 0.635. The van der Waals surface area contributed by atoms with Crippen LogP contribution in [-0.4, -0.2) is 18.2 Å². The molecule has 2 nitrogen and oxygen atoms in total. The van der Waals surface area contributed by atoms with E-state index < -0.39 is 0 Å². The molecular formula is C13H11BrO2. The van der Waals surface area contributed by atoms with Crippen molar-refractivity contribution >= 4 is 32.5 Å². The molecule has 0 aliphatic carbocycles. The second-order valence-corrected chi connectivity index (χ2v) is 4.01. The number of carbonyl (C=O) groups excluding carboxylic acids is 1. The molecule has 0 aliphatic heterocycles. The number of fused-ring (bicyclic) bond motifs is 1. The van der Waals surface area contributed by atoms with E-state index in [1.165, 1.54) is 0 Å². The van der Waals surface area contributed by atoms with Crippen LogP contribution in [0.4, 0.5) is 0 Å². The first kappa shape index (κ1) is 11.1. The first-order valence-electron chi connectivity index (χ1n) is 4.92. The number of hydrogen-bond acceptors (Lipinski definition) is 2. The number of hydrogen-bond donors (Lipinski definition) is 0. The van der Waals surface area contributed by atoms with Crippen LogP contribution in [-0.2, 0) is 0 Å². The molecule has 0 atom stereocenters. The van der Waals surface area contributed by atoms with Gasteiger partial charge in [-0.2, -0.15) is 0 Å². The maximum atomic E-state index is 11.7. The van der Waals surface area contributed by atoms with Gasteiger partial charge in [-0.05, 0) is 22.9 Å². The van der Waals surface area contributed by atoms with Gasteiger partial charge in [0.05, 0.1) is 12.4 Å². The maximum absolute atomic E-state index is 11.7. The summed E-state index contributed by atoms with van der Waals surface area (Å²) in [6, 6.07) is 11.5. The summed E-state index contributed by atoms with van der Waals surface area (Å²) < 4.78 is 5.17. The van der Waals surface area contributed by atoms with E-state index in [1.807, 2.05) is 36.4 Å². The van der Waals surface area contributed by atoms with Crippen LogP contribution < -0.4 is 4.74 Å². The molecule has 0 N–H and O–H groups in total. The average Bonchev–Trinajstić information content (AvgIpc) is 2.36. The number of carbonyl (C=O) groups is 1. The molecule has 0 spiro atoms. The molecule has 2 aromatic rings. The van der Waals surface area contributed by atoms with Gasteiger partial charge in [0.2, 0.25) is 0 Å². The van der Waals surface area contributed by atoms with Gasteiger partial charge < -0.3 is 4.74 Å². The predicted molar refractivity (Wildman–Crippen MR) is 68.6 cm³/mol. The molecule has 2 rings (SSSR count). The normalized spacial score (nSPS) is 10.4. The van der Waals surface area contributed by atoms with E-state index in [0.29, 0.717) is 5.33 Å². The molecule has 0 saturated carbocycles. The average molecular weight is 279 g/mol. The van der Waals surface area contributed by atoms with Crippen molar-refractivity contribution < 1.29 is 9.53 Å². The summed E-state index contributed by atoms with van der Waals surface area (Å²) in [5, 5.41) is 2.32. The van der Waals surface area contributed by atoms with Gasteiger partial charge in [0, 0.05) is 5.56 Å². The van der Waals surface area contributed by atoms with E-state index in [-0.39, 0.29) is 5.78 Å². The summed E-state index contributed by atoms with van der Waals surface area (Å²) >= 11 is 3.19. The standard InChI is InChI=1S/C13H11BrO2/c1-16-10-6-5-9-3-2-4-11(12(9)7-10)13(15)8-14/h2-7H,8H2,1H3. The van der Waals surface area contributed by atoms with E-state index in [0.717, 1.165) is 22.1 Å². The number of alkyl halides is 1. The Balaban J connectivity index is 2.68. The first-order chi connectivity index (χ1) is 7.76. The molecule has 0 aliphatic rings. The van der Waals surface area contributed by atoms with Gasteiger partial charge in [-0.25, -0.2) is 0 Å². The minimum Gasteiger partial charge on any atom is -0.497 e. The zero-order chi connectivity index (χ0) is 11.5. The van der Waals surface area contributed by atoms with Crippen LogP contribution in [0, 0.1) is 0 Å². The Hall–Kier alpha value is -1.35. The highest BCUT2D eigenvalue weighted by molar-refractivity contribution is 9.09. The Morgan fingerprint density at radius 3 is 2.81 bits per heavy atom. The van der Waals surface area contributed by atoms with Crippen molar-refractivity contribution in [2.24, 2.45) is 0 Å². The smallest absolute Gasteiger partial charge is 0.173 e. The second-order valence-electron chi connectivity index (χ2n) is 3.45. The SMILES string of the molecule is COc1ccc2cccc(C(=O)CBr)c2c1. The van der Waals surface area contributed by atoms with E-state index in [4.69, 9.17) is 4.74 Å². The highest BCUT2D eigenvalue weighted by Crippen LogP contribution is 2.24. The van der Waals surface area contributed by atoms with Gasteiger partial charge in [0.15, 0.2) is 5.78 Å². The fraction of sp³-hybridized carbons (Fsp3) is 0.154. The maximum Gasteiger partial charge on any atom is 0.173 e. The molecule has 0 bridgehead atoms. The van der Waals surface area contributed by atoms with Crippen molar-refractivity contribution in [2.75, 3.05) is 12.4 Å². The highest BCUT2D eigenvalue weighted by atomic mass is 79.9. The van der Waals surface area contributed by atoms with Crippen LogP contribution in [0.2, 0.25) is 0 Å². The van der Waals surface area contributed by atoms with Crippen molar-refractivity contribution in [3.63, 3.8) is 0 Å². The lowest BCUT2D eigenvalue weighted by molar-refractivity contribution is 0.102. The predicted octanol–water partition coefficient (Wildman–Crippen LogP) is 3.43. The molecule has 2 aromatic carbocycles. The van der Waals surface area contributed by atoms with Gasteiger partial charge >= 0.3 is 0 Å². The Morgan fingerprint density at radius 1 is 1.31 bits per heavy atom. The molecule has 0 heterocycles. The van der Waals surface area contributed by atoms with Crippen LogP contribution in [0.1, 0.15) is 10.4 Å². The van der Waals surface area contributed by atoms with Crippen molar-refractivity contribution in [2.45, 2.75) is 0 Å². The summed E-state index contributed by atoms with van der Waals surface area (Å²) in [6.45, 7) is 0. The third-order valence-electron chi connectivity index (χ3n) is 2.51. The fourth-order valence-corrected chi connectivity index (χ4v) is 2.00. The molecule has 0 fully saturated rings. The van der Waals surface area contributed by atoms with Crippen molar-refractivity contribution in [1.82, 2.24) is 0 Å². The first-order valence-corrected chi connectivity index (χ1v) is 6.04. The van der Waals surface area contributed by atoms with Crippen LogP contribution >= 0.6 is 15.9 Å². The minimum absolute atomic E-state index is 0.0823. The molecule has 0 amide bonds. The Bertz CT molecular complexity index is 534. The summed E-state index contributed by atoms with van der Waals surface area (Å²) in [5.74, 6) is 0.848. The van der Waals surface area contributed by atoms with E-state index in [2.05, 4.69) is 15.9 Å². The summed E-state index contributed by atoms with van der Waals surface area (Å²) in [4.78, 5) is 11.7. The fourth-order valence-electron chi connectivity index (χ4n) is 1.69. The molecule has 0 aromatic heterocycles. The molecule has 16 heavy (non-hydrogen) atoms. The number of halogens is 1. The zero-order valence-electron chi connectivity index (χ0n) is 8.87. The topological polar surface area (TPSA) is 26.3 Å². The van der Waals surface area contributed by atoms with Gasteiger partial charge in [0.1, 0.15) is 5.75 Å². The number of Topliss-reactive ketones (excluding diaryl/α,β-unsaturated/α-hetero) is 1. The van der Waals surface area contributed by atoms with Crippen molar-refractivity contribution in [1.29, 1.82) is 0 Å². The number of benzene rings is 2. The largest absolute Gasteiger partial charge is 0.497 e. The summed E-state index contributed by atoms with van der Waals surface area (Å²) in [5.41, 5.74) is 0.730. The van der Waals surface area contributed by atoms with Crippen LogP contribution in [0.3, 0.4) is 0 Å². The van der Waals surface area contributed by atoms with Gasteiger partial charge in [-0.1, -0.05) is 40.2 Å². The molecule has 0 unspecified atom stereocenters. The van der Waals surface area contributed by atoms with Gasteiger partial charge in [-0.3, -0.25) is 4.79 Å². The Labute approximate surface area is 102 Å². The monoisotopic (exact) mass is 278 g/mol. The Kier molecular flexibility index (Phi) is 3.25. The van der Waals surface area contributed by atoms with Gasteiger partial charge in [0.25, 0.3) is 0 Å². The lowest BCUT2D eigenvalue weighted by Crippen LogP contribution is -2.00. The van der Waals surface area contributed by atoms with Crippen LogP contribution in [0.25, 0.3) is 10.8 Å². The van der Waals surface area contributed by atoms with Crippen LogP contribution in [0.15, 0.2) is 36.4 Å². The lowest BCUT2D eigenvalue weighted by atomic mass is 10.0. The van der Waals surface area contributed by atoms with Crippen molar-refractivity contribution in [3.8, 4) is 5.75 Å². The molecule has 0 radical (unpaired) electrons. The second kappa shape index (κ2) is 4.66. The van der Waals surface area contributed by atoms with E-state index in [1.54, 1.807) is 7.11 Å². The molecule has 3 heteroatoms. The number of ketones is 1. The zero-order valence-corrected chi connectivity index (χ0v) is 10.5. The molecular weight excluding hydrogens is 268 g/mol. The highest BCUT2D eigenvalue weighted by Gasteiger charge is 2.08. The minimum atomic E-state index is 0.0823. The van der Waals surface area contributed by atoms with Gasteiger partial charge in [-0.15, -0.1) is 0 Å². The molecule has 82 valence electrons. The number of rotatable bonds is 3. The number of methoxy groups -OCH3 is 1. The Morgan fingerprint density at radius 2 is 2.12 bits per heavy atom. The lowest BCUT2D eigenvalue weighted by Gasteiger charge is -2.06. The van der Waals surface area contributed by atoms with Crippen LogP contribution in [0.5, 0.6) is 5.75 Å².